The fraction of sp³-hybridized carbons (Fsp3) is 0.526. The summed E-state index contributed by atoms with van der Waals surface area (Å²) in [5.41, 5.74) is -0.765. The van der Waals surface area contributed by atoms with E-state index in [0.717, 1.165) is 6.26 Å². The normalized spacial score (nSPS) is 16.4. The standard InChI is InChI=1S/C19H24N2O6S/c1-19(2,3)27-18(23)21-9-7-12(8-10-21)16-20-15-6-5-13(28(4,24)25)11-14(15)17(22)26-16/h5-6,11-12H,7-10H2,1-4H3. The molecule has 1 aromatic heterocycles. The molecule has 1 fully saturated rings. The Hall–Kier alpha value is -2.42. The van der Waals surface area contributed by atoms with E-state index in [1.807, 2.05) is 20.8 Å². The minimum Gasteiger partial charge on any atom is -0.444 e. The number of hydrogen-bond donors (Lipinski definition) is 0. The van der Waals surface area contributed by atoms with Crippen LogP contribution >= 0.6 is 0 Å². The number of sulfone groups is 1. The van der Waals surface area contributed by atoms with Crippen LogP contribution in [0.5, 0.6) is 0 Å². The van der Waals surface area contributed by atoms with Gasteiger partial charge in [0.2, 0.25) is 5.89 Å². The lowest BCUT2D eigenvalue weighted by molar-refractivity contribution is 0.0198. The Morgan fingerprint density at radius 2 is 1.89 bits per heavy atom. The molecule has 0 radical (unpaired) electrons. The molecule has 0 bridgehead atoms. The largest absolute Gasteiger partial charge is 0.444 e. The van der Waals surface area contributed by atoms with Crippen LogP contribution in [0.3, 0.4) is 0 Å². The molecule has 152 valence electrons. The van der Waals surface area contributed by atoms with Crippen LogP contribution in [0.25, 0.3) is 10.9 Å². The molecule has 0 atom stereocenters. The first-order valence-electron chi connectivity index (χ1n) is 9.07. The van der Waals surface area contributed by atoms with E-state index in [2.05, 4.69) is 4.98 Å². The maximum atomic E-state index is 12.4. The van der Waals surface area contributed by atoms with Gasteiger partial charge in [-0.3, -0.25) is 0 Å². The van der Waals surface area contributed by atoms with Gasteiger partial charge in [-0.05, 0) is 51.8 Å². The van der Waals surface area contributed by atoms with Crippen molar-refractivity contribution < 1.29 is 22.4 Å². The number of nitrogens with zero attached hydrogens (tertiary/aromatic N) is 2. The molecule has 0 saturated carbocycles. The summed E-state index contributed by atoms with van der Waals surface area (Å²) in [4.78, 5) is 30.6. The van der Waals surface area contributed by atoms with Crippen molar-refractivity contribution in [2.75, 3.05) is 19.3 Å². The van der Waals surface area contributed by atoms with E-state index in [0.29, 0.717) is 37.3 Å². The Morgan fingerprint density at radius 3 is 2.46 bits per heavy atom. The first kappa shape index (κ1) is 20.3. The van der Waals surface area contributed by atoms with Gasteiger partial charge in [-0.2, -0.15) is 0 Å². The summed E-state index contributed by atoms with van der Waals surface area (Å²) in [6, 6.07) is 4.24. The fourth-order valence-corrected chi connectivity index (χ4v) is 3.76. The molecule has 1 aliphatic rings. The molecular formula is C19H24N2O6S. The lowest BCUT2D eigenvalue weighted by Crippen LogP contribution is -2.41. The average molecular weight is 408 g/mol. The molecule has 2 heterocycles. The van der Waals surface area contributed by atoms with Gasteiger partial charge in [0.05, 0.1) is 15.8 Å². The number of carbonyl (C=O) groups excluding carboxylic acids is 1. The van der Waals surface area contributed by atoms with Crippen molar-refractivity contribution in [3.8, 4) is 0 Å². The zero-order valence-corrected chi connectivity index (χ0v) is 17.2. The molecule has 0 spiro atoms. The number of benzene rings is 1. The number of piperidine rings is 1. The molecule has 3 rings (SSSR count). The molecule has 28 heavy (non-hydrogen) atoms. The van der Waals surface area contributed by atoms with E-state index in [4.69, 9.17) is 9.15 Å². The number of ether oxygens (including phenoxy) is 1. The van der Waals surface area contributed by atoms with Crippen LogP contribution in [0.1, 0.15) is 45.4 Å². The van der Waals surface area contributed by atoms with Crippen LogP contribution in [0.2, 0.25) is 0 Å². The van der Waals surface area contributed by atoms with E-state index in [1.165, 1.54) is 18.2 Å². The van der Waals surface area contributed by atoms with Gasteiger partial charge in [0, 0.05) is 25.3 Å². The highest BCUT2D eigenvalue weighted by Gasteiger charge is 2.29. The molecule has 0 unspecified atom stereocenters. The molecule has 8 nitrogen and oxygen atoms in total. The topological polar surface area (TPSA) is 107 Å². The van der Waals surface area contributed by atoms with Crippen LogP contribution in [0.4, 0.5) is 4.79 Å². The molecule has 2 aromatic rings. The summed E-state index contributed by atoms with van der Waals surface area (Å²) >= 11 is 0. The number of fused-ring (bicyclic) bond motifs is 1. The molecule has 1 aliphatic heterocycles. The van der Waals surface area contributed by atoms with Gasteiger partial charge in [0.15, 0.2) is 9.84 Å². The Bertz CT molecular complexity index is 1060. The van der Waals surface area contributed by atoms with Crippen LogP contribution in [0.15, 0.2) is 32.3 Å². The van der Waals surface area contributed by atoms with E-state index in [1.54, 1.807) is 4.90 Å². The van der Waals surface area contributed by atoms with E-state index < -0.39 is 21.1 Å². The van der Waals surface area contributed by atoms with Gasteiger partial charge in [-0.15, -0.1) is 0 Å². The highest BCUT2D eigenvalue weighted by Crippen LogP contribution is 2.28. The summed E-state index contributed by atoms with van der Waals surface area (Å²) in [5.74, 6) is 0.221. The van der Waals surface area contributed by atoms with Gasteiger partial charge in [0.25, 0.3) is 0 Å². The van der Waals surface area contributed by atoms with Crippen LogP contribution in [-0.2, 0) is 14.6 Å². The van der Waals surface area contributed by atoms with E-state index >= 15 is 0 Å². The number of amides is 1. The minimum absolute atomic E-state index is 0.0486. The summed E-state index contributed by atoms with van der Waals surface area (Å²) in [6.45, 7) is 6.42. The van der Waals surface area contributed by atoms with E-state index in [-0.39, 0.29) is 22.3 Å². The second-order valence-electron chi connectivity index (χ2n) is 8.03. The number of hydrogen-bond acceptors (Lipinski definition) is 7. The zero-order chi connectivity index (χ0) is 20.7. The number of aromatic nitrogens is 1. The Kier molecular flexibility index (Phi) is 5.22. The van der Waals surface area contributed by atoms with Crippen LogP contribution in [0, 0.1) is 0 Å². The molecule has 1 saturated heterocycles. The van der Waals surface area contributed by atoms with Crippen molar-refractivity contribution >= 4 is 26.8 Å². The summed E-state index contributed by atoms with van der Waals surface area (Å²) in [5, 5.41) is 0.137. The van der Waals surface area contributed by atoms with Gasteiger partial charge in [-0.25, -0.2) is 23.0 Å². The van der Waals surface area contributed by atoms with Crippen LogP contribution in [-0.4, -0.2) is 49.3 Å². The predicted molar refractivity (Wildman–Crippen MR) is 103 cm³/mol. The van der Waals surface area contributed by atoms with Crippen molar-refractivity contribution in [1.82, 2.24) is 9.88 Å². The molecule has 1 aromatic carbocycles. The lowest BCUT2D eigenvalue weighted by Gasteiger charge is -2.32. The molecular weight excluding hydrogens is 384 g/mol. The smallest absolute Gasteiger partial charge is 0.410 e. The van der Waals surface area contributed by atoms with Crippen molar-refractivity contribution in [2.24, 2.45) is 0 Å². The fourth-order valence-electron chi connectivity index (χ4n) is 3.11. The Labute approximate surface area is 163 Å². The van der Waals surface area contributed by atoms with Crippen molar-refractivity contribution in [1.29, 1.82) is 0 Å². The first-order valence-corrected chi connectivity index (χ1v) is 11.0. The number of rotatable bonds is 2. The van der Waals surface area contributed by atoms with Crippen molar-refractivity contribution in [3.63, 3.8) is 0 Å². The summed E-state index contributed by atoms with van der Waals surface area (Å²) in [6.07, 6.45) is 1.92. The Balaban J connectivity index is 1.78. The van der Waals surface area contributed by atoms with Crippen molar-refractivity contribution in [2.45, 2.75) is 50.0 Å². The molecule has 1 amide bonds. The maximum absolute atomic E-state index is 12.4. The first-order chi connectivity index (χ1) is 12.9. The maximum Gasteiger partial charge on any atom is 0.410 e. The number of carbonyl (C=O) groups is 1. The molecule has 9 heteroatoms. The summed E-state index contributed by atoms with van der Waals surface area (Å²) in [7, 11) is -3.43. The highest BCUT2D eigenvalue weighted by molar-refractivity contribution is 7.90. The third-order valence-electron chi connectivity index (χ3n) is 4.54. The van der Waals surface area contributed by atoms with Gasteiger partial charge in [0.1, 0.15) is 5.60 Å². The quantitative estimate of drug-likeness (QED) is 0.752. The lowest BCUT2D eigenvalue weighted by atomic mass is 9.97. The second kappa shape index (κ2) is 7.20. The molecule has 0 aliphatic carbocycles. The predicted octanol–water partition coefficient (Wildman–Crippen LogP) is 2.71. The SMILES string of the molecule is CC(C)(C)OC(=O)N1CCC(c2nc3ccc(S(C)(=O)=O)cc3c(=O)o2)CC1. The molecule has 0 N–H and O–H groups in total. The number of likely N-dealkylation sites (tertiary alicyclic amines) is 1. The monoisotopic (exact) mass is 408 g/mol. The van der Waals surface area contributed by atoms with Gasteiger partial charge >= 0.3 is 11.7 Å². The second-order valence-corrected chi connectivity index (χ2v) is 10.0. The minimum atomic E-state index is -3.43. The average Bonchev–Trinajstić information content (AvgIpc) is 2.59. The van der Waals surface area contributed by atoms with E-state index in [9.17, 15) is 18.0 Å². The summed E-state index contributed by atoms with van der Waals surface area (Å²) < 4.78 is 34.1. The Morgan fingerprint density at radius 1 is 1.25 bits per heavy atom. The third-order valence-corrected chi connectivity index (χ3v) is 5.65. The highest BCUT2D eigenvalue weighted by atomic mass is 32.2. The zero-order valence-electron chi connectivity index (χ0n) is 16.4. The van der Waals surface area contributed by atoms with Gasteiger partial charge < -0.3 is 14.1 Å². The van der Waals surface area contributed by atoms with Crippen molar-refractivity contribution in [3.05, 3.63) is 34.5 Å². The van der Waals surface area contributed by atoms with Gasteiger partial charge in [-0.1, -0.05) is 0 Å². The third kappa shape index (κ3) is 4.52. The van der Waals surface area contributed by atoms with Crippen LogP contribution < -0.4 is 5.63 Å².